The number of nitrogens with zero attached hydrogens (tertiary/aromatic N) is 1. The van der Waals surface area contributed by atoms with Gasteiger partial charge in [0.1, 0.15) is 0 Å². The first-order valence-electron chi connectivity index (χ1n) is 8.32. The highest BCUT2D eigenvalue weighted by atomic mass is 15.3. The van der Waals surface area contributed by atoms with Crippen LogP contribution in [-0.2, 0) is 0 Å². The maximum atomic E-state index is 3.73. The third-order valence-electron chi connectivity index (χ3n) is 5.05. The van der Waals surface area contributed by atoms with E-state index in [4.69, 9.17) is 0 Å². The molecule has 1 N–H and O–H groups in total. The fraction of sp³-hybridized carbons (Fsp3) is 0.667. The normalized spacial score (nSPS) is 29.3. The molecule has 2 fully saturated rings. The summed E-state index contributed by atoms with van der Waals surface area (Å²) in [5.74, 6) is 1.01. The van der Waals surface area contributed by atoms with E-state index in [1.807, 2.05) is 0 Å². The maximum absolute atomic E-state index is 3.73. The Morgan fingerprint density at radius 1 is 1.25 bits per heavy atom. The van der Waals surface area contributed by atoms with Gasteiger partial charge in [0.15, 0.2) is 0 Å². The van der Waals surface area contributed by atoms with E-state index in [1.54, 1.807) is 0 Å². The Morgan fingerprint density at radius 2 is 2.00 bits per heavy atom. The highest BCUT2D eigenvalue weighted by Crippen LogP contribution is 2.37. The van der Waals surface area contributed by atoms with E-state index in [-0.39, 0.29) is 0 Å². The van der Waals surface area contributed by atoms with Crippen LogP contribution < -0.4 is 5.32 Å². The summed E-state index contributed by atoms with van der Waals surface area (Å²) in [6.45, 7) is 7.03. The van der Waals surface area contributed by atoms with Crippen LogP contribution in [0.1, 0.15) is 51.1 Å². The van der Waals surface area contributed by atoms with Crippen LogP contribution in [0.15, 0.2) is 30.3 Å². The van der Waals surface area contributed by atoms with Crippen LogP contribution in [0.4, 0.5) is 0 Å². The lowest BCUT2D eigenvalue weighted by Crippen LogP contribution is -2.54. The summed E-state index contributed by atoms with van der Waals surface area (Å²) in [6, 6.07) is 13.0. The quantitative estimate of drug-likeness (QED) is 0.881. The Hall–Kier alpha value is -0.860. The second kappa shape index (κ2) is 6.28. The number of benzene rings is 1. The highest BCUT2D eigenvalue weighted by Gasteiger charge is 2.34. The predicted octanol–water partition coefficient (Wildman–Crippen LogP) is 3.60. The Morgan fingerprint density at radius 3 is 2.65 bits per heavy atom. The van der Waals surface area contributed by atoms with Gasteiger partial charge >= 0.3 is 0 Å². The summed E-state index contributed by atoms with van der Waals surface area (Å²) >= 11 is 0. The van der Waals surface area contributed by atoms with E-state index in [0.717, 1.165) is 12.5 Å². The van der Waals surface area contributed by atoms with Gasteiger partial charge in [-0.2, -0.15) is 0 Å². The molecule has 2 aliphatic rings. The van der Waals surface area contributed by atoms with Crippen molar-refractivity contribution in [3.05, 3.63) is 35.9 Å². The zero-order valence-electron chi connectivity index (χ0n) is 12.9. The maximum Gasteiger partial charge on any atom is 0.0476 e. The van der Waals surface area contributed by atoms with Crippen LogP contribution in [-0.4, -0.2) is 30.1 Å². The molecule has 20 heavy (non-hydrogen) atoms. The van der Waals surface area contributed by atoms with Gasteiger partial charge in [-0.1, -0.05) is 50.1 Å². The van der Waals surface area contributed by atoms with Crippen molar-refractivity contribution in [2.45, 2.75) is 57.7 Å². The van der Waals surface area contributed by atoms with E-state index < -0.39 is 0 Å². The fourth-order valence-corrected chi connectivity index (χ4v) is 3.56. The lowest BCUT2D eigenvalue weighted by atomic mass is 9.96. The zero-order valence-corrected chi connectivity index (χ0v) is 12.9. The van der Waals surface area contributed by atoms with Crippen molar-refractivity contribution in [2.24, 2.45) is 5.92 Å². The Kier molecular flexibility index (Phi) is 4.42. The largest absolute Gasteiger partial charge is 0.311 e. The molecular formula is C18H28N2. The van der Waals surface area contributed by atoms with Gasteiger partial charge in [0.25, 0.3) is 0 Å². The predicted molar refractivity (Wildman–Crippen MR) is 84.8 cm³/mol. The van der Waals surface area contributed by atoms with Crippen molar-refractivity contribution in [3.8, 4) is 0 Å². The molecule has 1 aromatic rings. The molecule has 2 heteroatoms. The lowest BCUT2D eigenvalue weighted by Gasteiger charge is -2.44. The van der Waals surface area contributed by atoms with Gasteiger partial charge in [0.2, 0.25) is 0 Å². The van der Waals surface area contributed by atoms with E-state index in [1.165, 1.54) is 37.8 Å². The molecule has 1 aromatic carbocycles. The van der Waals surface area contributed by atoms with Crippen LogP contribution >= 0.6 is 0 Å². The number of piperazine rings is 1. The van der Waals surface area contributed by atoms with Gasteiger partial charge in [-0.3, -0.25) is 4.90 Å². The Balaban J connectivity index is 1.75. The summed E-state index contributed by atoms with van der Waals surface area (Å²) in [5, 5.41) is 3.73. The topological polar surface area (TPSA) is 15.3 Å². The number of nitrogens with one attached hydrogen (secondary N) is 1. The monoisotopic (exact) mass is 272 g/mol. The lowest BCUT2D eigenvalue weighted by molar-refractivity contribution is 0.0805. The molecule has 1 aliphatic heterocycles. The summed E-state index contributed by atoms with van der Waals surface area (Å²) in [5.41, 5.74) is 1.47. The number of hydrogen-bond acceptors (Lipinski definition) is 2. The summed E-state index contributed by atoms with van der Waals surface area (Å²) in [7, 11) is 0. The molecule has 2 nitrogen and oxygen atoms in total. The van der Waals surface area contributed by atoms with Crippen LogP contribution in [0.2, 0.25) is 0 Å². The molecule has 3 unspecified atom stereocenters. The van der Waals surface area contributed by atoms with Gasteiger partial charge in [-0.25, -0.2) is 0 Å². The fourth-order valence-electron chi connectivity index (χ4n) is 3.56. The van der Waals surface area contributed by atoms with Gasteiger partial charge in [0, 0.05) is 31.2 Å². The van der Waals surface area contributed by atoms with Crippen LogP contribution in [0, 0.1) is 5.92 Å². The van der Waals surface area contributed by atoms with Crippen molar-refractivity contribution >= 4 is 0 Å². The summed E-state index contributed by atoms with van der Waals surface area (Å²) < 4.78 is 0. The third-order valence-corrected chi connectivity index (χ3v) is 5.05. The summed E-state index contributed by atoms with van der Waals surface area (Å²) in [6.07, 6.45) is 5.54. The molecule has 0 bridgehead atoms. The van der Waals surface area contributed by atoms with Gasteiger partial charge in [-0.05, 0) is 31.2 Å². The molecule has 1 heterocycles. The van der Waals surface area contributed by atoms with Crippen molar-refractivity contribution < 1.29 is 0 Å². The molecule has 1 aliphatic carbocycles. The molecule has 3 atom stereocenters. The minimum Gasteiger partial charge on any atom is -0.311 e. The zero-order chi connectivity index (χ0) is 13.9. The van der Waals surface area contributed by atoms with E-state index in [2.05, 4.69) is 54.4 Å². The molecule has 0 aromatic heterocycles. The van der Waals surface area contributed by atoms with Crippen LogP contribution in [0.25, 0.3) is 0 Å². The Bertz CT molecular complexity index is 413. The van der Waals surface area contributed by atoms with E-state index in [9.17, 15) is 0 Å². The van der Waals surface area contributed by atoms with Crippen molar-refractivity contribution in [1.82, 2.24) is 10.2 Å². The standard InChI is InChI=1S/C18H28N2/c1-3-17-13-20(14(2)11-15-9-10-15)18(12-19-17)16-7-5-4-6-8-16/h4-8,14-15,17-19H,3,9-13H2,1-2H3. The third kappa shape index (κ3) is 3.24. The first-order valence-corrected chi connectivity index (χ1v) is 8.32. The first-order chi connectivity index (χ1) is 9.78. The molecule has 0 spiro atoms. The first kappa shape index (κ1) is 14.1. The molecule has 0 radical (unpaired) electrons. The van der Waals surface area contributed by atoms with E-state index >= 15 is 0 Å². The molecule has 110 valence electrons. The minimum absolute atomic E-state index is 0.549. The van der Waals surface area contributed by atoms with Gasteiger partial charge < -0.3 is 5.32 Å². The summed E-state index contributed by atoms with van der Waals surface area (Å²) in [4.78, 5) is 2.76. The molecule has 0 amide bonds. The van der Waals surface area contributed by atoms with Crippen LogP contribution in [0.5, 0.6) is 0 Å². The molecular weight excluding hydrogens is 244 g/mol. The highest BCUT2D eigenvalue weighted by molar-refractivity contribution is 5.20. The molecule has 1 saturated heterocycles. The van der Waals surface area contributed by atoms with Crippen molar-refractivity contribution in [1.29, 1.82) is 0 Å². The van der Waals surface area contributed by atoms with Crippen molar-refractivity contribution in [2.75, 3.05) is 13.1 Å². The van der Waals surface area contributed by atoms with Crippen LogP contribution in [0.3, 0.4) is 0 Å². The SMILES string of the molecule is CCC1CN(C(C)CC2CC2)C(c2ccccc2)CN1. The average Bonchev–Trinajstić information content (AvgIpc) is 3.31. The number of rotatable bonds is 5. The smallest absolute Gasteiger partial charge is 0.0476 e. The number of hydrogen-bond donors (Lipinski definition) is 1. The van der Waals surface area contributed by atoms with Crippen molar-refractivity contribution in [3.63, 3.8) is 0 Å². The molecule has 3 rings (SSSR count). The average molecular weight is 272 g/mol. The van der Waals surface area contributed by atoms with E-state index in [0.29, 0.717) is 18.1 Å². The van der Waals surface area contributed by atoms with Gasteiger partial charge in [-0.15, -0.1) is 0 Å². The van der Waals surface area contributed by atoms with Gasteiger partial charge in [0.05, 0.1) is 0 Å². The second-order valence-corrected chi connectivity index (χ2v) is 6.66. The molecule has 1 saturated carbocycles. The minimum atomic E-state index is 0.549. The second-order valence-electron chi connectivity index (χ2n) is 6.66. The Labute approximate surface area is 123 Å².